The van der Waals surface area contributed by atoms with Crippen LogP contribution in [-0.2, 0) is 32.5 Å². The van der Waals surface area contributed by atoms with E-state index in [1.807, 2.05) is 84.3 Å². The molecule has 4 rings (SSSR count). The third kappa shape index (κ3) is 24.9. The first-order valence-electron chi connectivity index (χ1n) is 22.6. The average molecular weight is 846 g/mol. The fourth-order valence-electron chi connectivity index (χ4n) is 4.38. The first-order valence-corrected chi connectivity index (χ1v) is 24.3. The highest BCUT2D eigenvalue weighted by molar-refractivity contribution is 7.12. The van der Waals surface area contributed by atoms with Crippen LogP contribution in [-0.4, -0.2) is 0 Å². The lowest BCUT2D eigenvalue weighted by Gasteiger charge is -2.18. The van der Waals surface area contributed by atoms with E-state index >= 15 is 0 Å². The Balaban J connectivity index is -0.000000316. The standard InChI is InChI=1S/C12H20O.C12H20S.C11H18O.C11H18S.4C2H6/c2*1-11(2,3)9-7-10(13-8-9)12(4,5)6;2*1-8(2)9-6-7-10(12-9)11(3,4)5;4*1-2/h2*7-8H,1-6H3;2*6-8H,1-5H3;4*1-2H3. The van der Waals surface area contributed by atoms with Crippen LogP contribution in [0.5, 0.6) is 0 Å². The van der Waals surface area contributed by atoms with E-state index in [0.29, 0.717) is 28.1 Å². The van der Waals surface area contributed by atoms with E-state index in [9.17, 15) is 0 Å². The van der Waals surface area contributed by atoms with Gasteiger partial charge in [0.1, 0.15) is 17.3 Å². The monoisotopic (exact) mass is 845 g/mol. The van der Waals surface area contributed by atoms with Gasteiger partial charge in [-0.05, 0) is 80.5 Å². The second kappa shape index (κ2) is 27.7. The maximum atomic E-state index is 5.71. The molecule has 0 bridgehead atoms. The Bertz CT molecular complexity index is 1360. The van der Waals surface area contributed by atoms with Gasteiger partial charge >= 0.3 is 0 Å². The summed E-state index contributed by atoms with van der Waals surface area (Å²) in [4.78, 5) is 4.48. The number of hydrogen-bond donors (Lipinski definition) is 0. The molecule has 4 heterocycles. The summed E-state index contributed by atoms with van der Waals surface area (Å²) in [5, 5.41) is 2.29. The molecule has 0 spiro atoms. The molecule has 4 aromatic heterocycles. The van der Waals surface area contributed by atoms with Crippen molar-refractivity contribution in [3.05, 3.63) is 91.1 Å². The van der Waals surface area contributed by atoms with Crippen LogP contribution in [0.1, 0.15) is 263 Å². The van der Waals surface area contributed by atoms with Crippen LogP contribution < -0.4 is 0 Å². The van der Waals surface area contributed by atoms with Crippen LogP contribution in [0.4, 0.5) is 0 Å². The topological polar surface area (TPSA) is 26.3 Å². The van der Waals surface area contributed by atoms with Gasteiger partial charge in [0, 0.05) is 31.4 Å². The van der Waals surface area contributed by atoms with E-state index in [2.05, 4.69) is 194 Å². The summed E-state index contributed by atoms with van der Waals surface area (Å²) >= 11 is 3.83. The fourth-order valence-corrected chi connectivity index (χ4v) is 6.67. The van der Waals surface area contributed by atoms with Crippen molar-refractivity contribution in [3.63, 3.8) is 0 Å². The second-order valence-corrected chi connectivity index (χ2v) is 22.6. The van der Waals surface area contributed by atoms with Crippen molar-refractivity contribution >= 4 is 22.7 Å². The highest BCUT2D eigenvalue weighted by Gasteiger charge is 2.23. The summed E-state index contributed by atoms with van der Waals surface area (Å²) in [5.74, 6) is 4.38. The molecule has 4 heteroatoms. The van der Waals surface area contributed by atoms with Crippen molar-refractivity contribution in [1.82, 2.24) is 0 Å². The molecule has 0 saturated heterocycles. The molecule has 0 amide bonds. The number of hydrogen-bond acceptors (Lipinski definition) is 4. The van der Waals surface area contributed by atoms with Gasteiger partial charge in [-0.3, -0.25) is 0 Å². The maximum Gasteiger partial charge on any atom is 0.109 e. The average Bonchev–Trinajstić information content (AvgIpc) is 3.93. The predicted molar refractivity (Wildman–Crippen MR) is 272 cm³/mol. The van der Waals surface area contributed by atoms with E-state index in [1.165, 1.54) is 25.8 Å². The summed E-state index contributed by atoms with van der Waals surface area (Å²) in [6.45, 7) is 64.8. The third-order valence-corrected chi connectivity index (χ3v) is 11.4. The molecule has 340 valence electrons. The molecule has 0 aliphatic rings. The molecule has 0 aliphatic heterocycles. The molecule has 2 nitrogen and oxygen atoms in total. The van der Waals surface area contributed by atoms with Gasteiger partial charge in [0.05, 0.1) is 6.26 Å². The lowest BCUT2D eigenvalue weighted by molar-refractivity contribution is 0.377. The maximum absolute atomic E-state index is 5.71. The van der Waals surface area contributed by atoms with Gasteiger partial charge in [-0.1, -0.05) is 208 Å². The van der Waals surface area contributed by atoms with Gasteiger partial charge in [-0.15, -0.1) is 22.7 Å². The van der Waals surface area contributed by atoms with Crippen molar-refractivity contribution < 1.29 is 8.83 Å². The van der Waals surface area contributed by atoms with Gasteiger partial charge in [-0.25, -0.2) is 0 Å². The summed E-state index contributed by atoms with van der Waals surface area (Å²) in [6, 6.07) is 13.2. The molecule has 0 aliphatic carbocycles. The van der Waals surface area contributed by atoms with Gasteiger partial charge in [0.2, 0.25) is 0 Å². The molecule has 0 aromatic carbocycles. The largest absolute Gasteiger partial charge is 0.468 e. The molecule has 0 fully saturated rings. The van der Waals surface area contributed by atoms with Crippen molar-refractivity contribution in [1.29, 1.82) is 0 Å². The van der Waals surface area contributed by atoms with Crippen LogP contribution in [0, 0.1) is 0 Å². The van der Waals surface area contributed by atoms with Crippen LogP contribution in [0.15, 0.2) is 56.9 Å². The van der Waals surface area contributed by atoms with Gasteiger partial charge in [0.15, 0.2) is 0 Å². The van der Waals surface area contributed by atoms with Crippen molar-refractivity contribution in [2.45, 2.75) is 252 Å². The van der Waals surface area contributed by atoms with Gasteiger partial charge in [-0.2, -0.15) is 0 Å². The minimum absolute atomic E-state index is 0.115. The first kappa shape index (κ1) is 62.6. The Morgan fingerprint density at radius 2 is 0.862 bits per heavy atom. The molecule has 0 unspecified atom stereocenters. The Morgan fingerprint density at radius 3 is 1.07 bits per heavy atom. The molecule has 0 radical (unpaired) electrons. The molecule has 0 N–H and O–H groups in total. The predicted octanol–water partition coefficient (Wildman–Crippen LogP) is 20.2. The molecular formula is C54H100O2S2. The third-order valence-electron chi connectivity index (χ3n) is 8.28. The Morgan fingerprint density at radius 1 is 0.431 bits per heavy atom. The zero-order valence-electron chi connectivity index (χ0n) is 44.4. The van der Waals surface area contributed by atoms with Crippen LogP contribution in [0.2, 0.25) is 0 Å². The van der Waals surface area contributed by atoms with Gasteiger partial charge < -0.3 is 8.83 Å². The lowest BCUT2D eigenvalue weighted by Crippen LogP contribution is -2.11. The summed E-state index contributed by atoms with van der Waals surface area (Å²) in [6.07, 6.45) is 1.88. The Hall–Kier alpha value is -2.04. The molecule has 0 saturated carbocycles. The summed E-state index contributed by atoms with van der Waals surface area (Å²) < 4.78 is 11.3. The first-order chi connectivity index (χ1) is 26.2. The SMILES string of the molecule is CC.CC.CC.CC.CC(C)(C)c1coc(C(C)(C)C)c1.CC(C)(C)c1csc(C(C)(C)C)c1.CC(C)c1ccc(C(C)(C)C)o1.CC(C)c1ccc(C(C)(C)C)s1. The quantitative estimate of drug-likeness (QED) is 0.201. The highest BCUT2D eigenvalue weighted by atomic mass is 32.1. The second-order valence-electron chi connectivity index (χ2n) is 20.6. The van der Waals surface area contributed by atoms with Crippen LogP contribution in [0.25, 0.3) is 0 Å². The van der Waals surface area contributed by atoms with E-state index in [1.54, 1.807) is 0 Å². The summed E-state index contributed by atoms with van der Waals surface area (Å²) in [5.41, 5.74) is 4.08. The van der Waals surface area contributed by atoms with E-state index in [-0.39, 0.29) is 16.2 Å². The number of furan rings is 2. The normalized spacial score (nSPS) is 11.6. The van der Waals surface area contributed by atoms with Crippen LogP contribution >= 0.6 is 22.7 Å². The lowest BCUT2D eigenvalue weighted by atomic mass is 9.86. The zero-order valence-corrected chi connectivity index (χ0v) is 46.0. The zero-order chi connectivity index (χ0) is 47.3. The van der Waals surface area contributed by atoms with E-state index in [0.717, 1.165) is 17.3 Å². The fraction of sp³-hybridized carbons (Fsp3) is 0.704. The van der Waals surface area contributed by atoms with E-state index in [4.69, 9.17) is 8.83 Å². The molecular weight excluding hydrogens is 745 g/mol. The van der Waals surface area contributed by atoms with Gasteiger partial charge in [0.25, 0.3) is 0 Å². The van der Waals surface area contributed by atoms with Crippen LogP contribution in [0.3, 0.4) is 0 Å². The summed E-state index contributed by atoms with van der Waals surface area (Å²) in [7, 11) is 0. The minimum atomic E-state index is 0.115. The highest BCUT2D eigenvalue weighted by Crippen LogP contribution is 2.35. The van der Waals surface area contributed by atoms with Crippen molar-refractivity contribution in [2.24, 2.45) is 0 Å². The number of thiophene rings is 2. The Kier molecular flexibility index (Phi) is 29.9. The molecule has 0 atom stereocenters. The van der Waals surface area contributed by atoms with E-state index < -0.39 is 0 Å². The smallest absolute Gasteiger partial charge is 0.109 e. The molecule has 58 heavy (non-hydrogen) atoms. The number of rotatable bonds is 2. The van der Waals surface area contributed by atoms with Crippen molar-refractivity contribution in [2.75, 3.05) is 0 Å². The molecule has 4 aromatic rings. The minimum Gasteiger partial charge on any atom is -0.468 e. The Labute approximate surface area is 372 Å². The van der Waals surface area contributed by atoms with Crippen molar-refractivity contribution in [3.8, 4) is 0 Å².